The average molecular weight is 442 g/mol. The van der Waals surface area contributed by atoms with Crippen molar-refractivity contribution in [3.05, 3.63) is 23.8 Å². The molecule has 11 heteroatoms. The SMILES string of the molecule is COc1cc(C=CCSCC(NC(=O)CCC(N)C(=O)O)C(=O)O)cc(OC)c1O. The minimum Gasteiger partial charge on any atom is -0.502 e. The summed E-state index contributed by atoms with van der Waals surface area (Å²) < 4.78 is 10.2. The van der Waals surface area contributed by atoms with E-state index >= 15 is 0 Å². The fourth-order valence-corrected chi connectivity index (χ4v) is 3.13. The Morgan fingerprint density at radius 1 is 1.17 bits per heavy atom. The number of carboxylic acid groups (broad SMARTS) is 2. The van der Waals surface area contributed by atoms with E-state index in [2.05, 4.69) is 5.32 Å². The largest absolute Gasteiger partial charge is 0.502 e. The first-order chi connectivity index (χ1) is 14.2. The Morgan fingerprint density at radius 2 is 1.77 bits per heavy atom. The number of phenols is 1. The number of carbonyl (C=O) groups excluding carboxylic acids is 1. The van der Waals surface area contributed by atoms with Gasteiger partial charge in [-0.25, -0.2) is 4.79 Å². The minimum atomic E-state index is -1.22. The predicted molar refractivity (Wildman–Crippen MR) is 112 cm³/mol. The number of aliphatic carboxylic acids is 2. The van der Waals surface area contributed by atoms with E-state index in [0.29, 0.717) is 5.75 Å². The summed E-state index contributed by atoms with van der Waals surface area (Å²) in [4.78, 5) is 33.8. The van der Waals surface area contributed by atoms with Crippen molar-refractivity contribution >= 4 is 35.7 Å². The summed E-state index contributed by atoms with van der Waals surface area (Å²) in [5, 5.41) is 30.2. The van der Waals surface area contributed by atoms with Gasteiger partial charge in [-0.15, -0.1) is 0 Å². The van der Waals surface area contributed by atoms with Crippen LogP contribution in [0, 0.1) is 0 Å². The number of carbonyl (C=O) groups is 3. The van der Waals surface area contributed by atoms with Gasteiger partial charge < -0.3 is 35.8 Å². The molecule has 0 aliphatic rings. The lowest BCUT2D eigenvalue weighted by molar-refractivity contribution is -0.141. The second-order valence-corrected chi connectivity index (χ2v) is 7.23. The number of nitrogens with one attached hydrogen (secondary N) is 1. The van der Waals surface area contributed by atoms with Crippen LogP contribution in [0.3, 0.4) is 0 Å². The molecule has 166 valence electrons. The van der Waals surface area contributed by atoms with Gasteiger partial charge in [0, 0.05) is 17.9 Å². The third kappa shape index (κ3) is 8.21. The average Bonchev–Trinajstić information content (AvgIpc) is 2.71. The molecule has 1 rings (SSSR count). The fourth-order valence-electron chi connectivity index (χ4n) is 2.30. The molecule has 6 N–H and O–H groups in total. The number of thioether (sulfide) groups is 1. The van der Waals surface area contributed by atoms with Gasteiger partial charge >= 0.3 is 11.9 Å². The summed E-state index contributed by atoms with van der Waals surface area (Å²) >= 11 is 1.29. The Morgan fingerprint density at radius 3 is 2.27 bits per heavy atom. The third-order valence-electron chi connectivity index (χ3n) is 3.94. The van der Waals surface area contributed by atoms with Crippen molar-refractivity contribution in [1.82, 2.24) is 5.32 Å². The summed E-state index contributed by atoms with van der Waals surface area (Å²) in [6.45, 7) is 0. The summed E-state index contributed by atoms with van der Waals surface area (Å²) in [5.74, 6) is -1.96. The Hall–Kier alpha value is -2.92. The Labute approximate surface area is 178 Å². The molecule has 1 amide bonds. The summed E-state index contributed by atoms with van der Waals surface area (Å²) in [5.41, 5.74) is 6.05. The van der Waals surface area contributed by atoms with Gasteiger partial charge in [-0.1, -0.05) is 12.2 Å². The number of methoxy groups -OCH3 is 2. The van der Waals surface area contributed by atoms with Crippen LogP contribution in [0.1, 0.15) is 18.4 Å². The maximum Gasteiger partial charge on any atom is 0.327 e. The quantitative estimate of drug-likeness (QED) is 0.277. The van der Waals surface area contributed by atoms with Crippen LogP contribution in [0.15, 0.2) is 18.2 Å². The molecule has 0 aromatic heterocycles. The van der Waals surface area contributed by atoms with Crippen LogP contribution >= 0.6 is 11.8 Å². The number of rotatable bonds is 13. The molecule has 1 aromatic rings. The van der Waals surface area contributed by atoms with Gasteiger partial charge in [0.1, 0.15) is 12.1 Å². The molecular weight excluding hydrogens is 416 g/mol. The number of ether oxygens (including phenoxy) is 2. The highest BCUT2D eigenvalue weighted by Gasteiger charge is 2.21. The van der Waals surface area contributed by atoms with E-state index in [-0.39, 0.29) is 35.8 Å². The molecule has 0 aliphatic carbocycles. The monoisotopic (exact) mass is 442 g/mol. The molecule has 0 saturated heterocycles. The standard InChI is InChI=1S/C19H26N2O8S/c1-28-14-8-11(9-15(29-2)17(14)23)4-3-7-30-10-13(19(26)27)21-16(22)6-5-12(20)18(24)25/h3-4,8-9,12-13,23H,5-7,10,20H2,1-2H3,(H,21,22)(H,24,25)(H,26,27). The van der Waals surface area contributed by atoms with Crippen molar-refractivity contribution in [2.75, 3.05) is 25.7 Å². The highest BCUT2D eigenvalue weighted by atomic mass is 32.2. The maximum absolute atomic E-state index is 11.8. The normalized spacial score (nSPS) is 12.9. The maximum atomic E-state index is 11.8. The van der Waals surface area contributed by atoms with Gasteiger partial charge in [0.2, 0.25) is 11.7 Å². The van der Waals surface area contributed by atoms with Crippen molar-refractivity contribution < 1.29 is 39.2 Å². The third-order valence-corrected chi connectivity index (χ3v) is 4.94. The van der Waals surface area contributed by atoms with Crippen LogP contribution in [0.2, 0.25) is 0 Å². The number of amides is 1. The van der Waals surface area contributed by atoms with Crippen molar-refractivity contribution in [2.24, 2.45) is 5.73 Å². The van der Waals surface area contributed by atoms with Crippen LogP contribution in [-0.2, 0) is 14.4 Å². The lowest BCUT2D eigenvalue weighted by atomic mass is 10.1. The number of phenolic OH excluding ortho intramolecular Hbond substituents is 1. The lowest BCUT2D eigenvalue weighted by Crippen LogP contribution is -2.43. The Kier molecular flexibility index (Phi) is 10.6. The summed E-state index contributed by atoms with van der Waals surface area (Å²) in [6, 6.07) is 0.976. The zero-order valence-corrected chi connectivity index (χ0v) is 17.5. The summed E-state index contributed by atoms with van der Waals surface area (Å²) in [6.07, 6.45) is 3.30. The Bertz CT molecular complexity index is 759. The molecule has 0 heterocycles. The van der Waals surface area contributed by atoms with Crippen LogP contribution in [0.5, 0.6) is 17.2 Å². The van der Waals surface area contributed by atoms with E-state index in [0.717, 1.165) is 5.56 Å². The van der Waals surface area contributed by atoms with E-state index in [1.807, 2.05) is 0 Å². The molecule has 10 nitrogen and oxygen atoms in total. The number of nitrogens with two attached hydrogens (primary N) is 1. The second-order valence-electron chi connectivity index (χ2n) is 6.16. The number of benzene rings is 1. The molecule has 0 aliphatic heterocycles. The topological polar surface area (TPSA) is 168 Å². The van der Waals surface area contributed by atoms with Gasteiger partial charge in [0.05, 0.1) is 14.2 Å². The molecule has 30 heavy (non-hydrogen) atoms. The van der Waals surface area contributed by atoms with Crippen LogP contribution < -0.4 is 20.5 Å². The van der Waals surface area contributed by atoms with Crippen molar-refractivity contribution in [3.63, 3.8) is 0 Å². The number of hydrogen-bond acceptors (Lipinski definition) is 8. The van der Waals surface area contributed by atoms with Gasteiger partial charge in [0.15, 0.2) is 11.5 Å². The van der Waals surface area contributed by atoms with Gasteiger partial charge in [-0.3, -0.25) is 9.59 Å². The molecule has 0 fully saturated rings. The van der Waals surface area contributed by atoms with Gasteiger partial charge in [-0.2, -0.15) is 11.8 Å². The molecule has 0 radical (unpaired) electrons. The van der Waals surface area contributed by atoms with E-state index in [1.165, 1.54) is 26.0 Å². The highest BCUT2D eigenvalue weighted by Crippen LogP contribution is 2.37. The predicted octanol–water partition coefficient (Wildman–Crippen LogP) is 0.917. The molecule has 2 atom stereocenters. The summed E-state index contributed by atoms with van der Waals surface area (Å²) in [7, 11) is 2.85. The van der Waals surface area contributed by atoms with E-state index < -0.39 is 29.9 Å². The van der Waals surface area contributed by atoms with E-state index in [4.69, 9.17) is 20.3 Å². The van der Waals surface area contributed by atoms with E-state index in [1.54, 1.807) is 24.3 Å². The number of hydrogen-bond donors (Lipinski definition) is 5. The molecule has 0 bridgehead atoms. The second kappa shape index (κ2) is 12.6. The molecule has 2 unspecified atom stereocenters. The van der Waals surface area contributed by atoms with Crippen LogP contribution in [0.4, 0.5) is 0 Å². The molecular formula is C19H26N2O8S. The molecule has 0 saturated carbocycles. The van der Waals surface area contributed by atoms with Crippen molar-refractivity contribution in [3.8, 4) is 17.2 Å². The van der Waals surface area contributed by atoms with Crippen molar-refractivity contribution in [2.45, 2.75) is 24.9 Å². The molecule has 1 aromatic carbocycles. The highest BCUT2D eigenvalue weighted by molar-refractivity contribution is 7.99. The zero-order valence-electron chi connectivity index (χ0n) is 16.7. The van der Waals surface area contributed by atoms with E-state index in [9.17, 15) is 24.6 Å². The Balaban J connectivity index is 2.54. The number of aromatic hydroxyl groups is 1. The number of carboxylic acids is 2. The van der Waals surface area contributed by atoms with Gasteiger partial charge in [0.25, 0.3) is 0 Å². The van der Waals surface area contributed by atoms with Crippen LogP contribution in [0.25, 0.3) is 6.08 Å². The van der Waals surface area contributed by atoms with Crippen LogP contribution in [-0.4, -0.2) is 71.0 Å². The first-order valence-electron chi connectivity index (χ1n) is 8.89. The fraction of sp³-hybridized carbons (Fsp3) is 0.421. The first kappa shape index (κ1) is 25.1. The zero-order chi connectivity index (χ0) is 22.7. The first-order valence-corrected chi connectivity index (χ1v) is 10.0. The molecule has 0 spiro atoms. The minimum absolute atomic E-state index is 0.0804. The smallest absolute Gasteiger partial charge is 0.327 e. The lowest BCUT2D eigenvalue weighted by Gasteiger charge is -2.14. The van der Waals surface area contributed by atoms with Crippen molar-refractivity contribution in [1.29, 1.82) is 0 Å². The van der Waals surface area contributed by atoms with Gasteiger partial charge in [-0.05, 0) is 24.1 Å².